The molecule has 36 heteroatoms. The van der Waals surface area contributed by atoms with E-state index in [1.807, 2.05) is 0 Å². The average Bonchev–Trinajstić information content (AvgIpc) is 1.71. The summed E-state index contributed by atoms with van der Waals surface area (Å²) < 4.78 is 92.4. The number of amides is 4. The van der Waals surface area contributed by atoms with Gasteiger partial charge < -0.3 is 75.7 Å². The summed E-state index contributed by atoms with van der Waals surface area (Å²) in [5, 5.41) is 20.9. The molecule has 3 aliphatic carbocycles. The van der Waals surface area contributed by atoms with Gasteiger partial charge in [0.25, 0.3) is 0 Å². The molecule has 0 heterocycles. The lowest BCUT2D eigenvalue weighted by Gasteiger charge is -2.38. The molecule has 0 aromatic rings. The third-order valence-electron chi connectivity index (χ3n) is 15.1. The van der Waals surface area contributed by atoms with Gasteiger partial charge in [0.2, 0.25) is 13.6 Å². The molecular formula is C57H90N4O30P2. The molecule has 0 aromatic carbocycles. The van der Waals surface area contributed by atoms with Crippen LogP contribution in [0.25, 0.3) is 0 Å². The maximum atomic E-state index is 12.5. The number of hydrogen-bond donors (Lipinski definition) is 2. The van der Waals surface area contributed by atoms with Crippen LogP contribution >= 0.6 is 15.2 Å². The van der Waals surface area contributed by atoms with Crippen LogP contribution < -0.4 is 0 Å². The molecule has 4 amide bonds. The normalized spacial score (nSPS) is 20.5. The third-order valence-corrected chi connectivity index (χ3v) is 19.4. The first-order valence-electron chi connectivity index (χ1n) is 29.4. The molecule has 10 unspecified atom stereocenters. The van der Waals surface area contributed by atoms with Crippen molar-refractivity contribution in [2.45, 2.75) is 109 Å². The number of Topliss-reactive ketones (excluding diaryl/α,β-unsaturated/α-hetero) is 2. The van der Waals surface area contributed by atoms with Crippen LogP contribution in [-0.2, 0) is 113 Å². The zero-order chi connectivity index (χ0) is 70.2. The predicted octanol–water partition coefficient (Wildman–Crippen LogP) is 4.35. The maximum Gasteiger partial charge on any atom is 0.411 e. The van der Waals surface area contributed by atoms with E-state index >= 15 is 0 Å². The summed E-state index contributed by atoms with van der Waals surface area (Å²) in [6, 6.07) is 0. The van der Waals surface area contributed by atoms with Crippen LogP contribution in [0.3, 0.4) is 0 Å². The fourth-order valence-electron chi connectivity index (χ4n) is 9.97. The average molecular weight is 1370 g/mol. The Kier molecular flexibility index (Phi) is 36.7. The fourth-order valence-corrected chi connectivity index (χ4v) is 12.5. The minimum atomic E-state index is -3.45. The first kappa shape index (κ1) is 82.0. The number of carbonyl (C=O) groups excluding carboxylic acids is 12. The maximum absolute atomic E-state index is 12.5. The van der Waals surface area contributed by atoms with Gasteiger partial charge in [0, 0.05) is 81.6 Å². The van der Waals surface area contributed by atoms with Gasteiger partial charge in [-0.3, -0.25) is 47.9 Å². The standard InChI is InChI=1S/C30H47N2O15P.C27H43N2O15P/c1-7-24(34)47-23-13-11-21-9-8-20(26(21)27(23)36)10-12-22(33)14-43-29(38)31(3)17-32(4)30(39)44-15-25(35)45-18-46-28(37)19(2)16-48(40,41-5)42-6;1-7-23(32)44-22-12-19(9-11-21(22)31)8-10-20(30)13-40-26(35)28(3)16-29(4)27(36)41-14-24(33)42-17-43-25(34)18(2)15-45(37,38-5)39-6/h7,19-21,23,26-27,36H,1,8-18H2,2-6H3;7,18-19,21-22,31H,1,8-17H2,2-6H3. The topological polar surface area (TPSA) is 422 Å². The van der Waals surface area contributed by atoms with Gasteiger partial charge in [-0.05, 0) is 81.5 Å². The van der Waals surface area contributed by atoms with Crippen molar-refractivity contribution >= 4 is 86.9 Å². The highest BCUT2D eigenvalue weighted by Gasteiger charge is 2.47. The van der Waals surface area contributed by atoms with Gasteiger partial charge in [-0.2, -0.15) is 0 Å². The number of ether oxygens (including phenoxy) is 10. The molecule has 93 heavy (non-hydrogen) atoms. The molecule has 3 fully saturated rings. The molecular weight excluding hydrogens is 1280 g/mol. The van der Waals surface area contributed by atoms with Crippen molar-refractivity contribution in [3.05, 3.63) is 25.3 Å². The van der Waals surface area contributed by atoms with Crippen molar-refractivity contribution in [3.8, 4) is 0 Å². The molecule has 0 spiro atoms. The van der Waals surface area contributed by atoms with Crippen LogP contribution in [0.2, 0.25) is 0 Å². The molecule has 0 saturated heterocycles. The molecule has 0 aromatic heterocycles. The molecule has 2 N–H and O–H groups in total. The van der Waals surface area contributed by atoms with Crippen LogP contribution in [0, 0.1) is 35.5 Å². The van der Waals surface area contributed by atoms with Crippen molar-refractivity contribution in [1.29, 1.82) is 0 Å². The van der Waals surface area contributed by atoms with E-state index in [-0.39, 0.29) is 67.8 Å². The summed E-state index contributed by atoms with van der Waals surface area (Å²) in [4.78, 5) is 148. The second kappa shape index (κ2) is 41.6. The Hall–Kier alpha value is -7.06. The third kappa shape index (κ3) is 29.8. The van der Waals surface area contributed by atoms with Gasteiger partial charge in [-0.1, -0.05) is 27.0 Å². The Morgan fingerprint density at radius 2 is 0.892 bits per heavy atom. The minimum Gasteiger partial charge on any atom is -0.456 e. The zero-order valence-corrected chi connectivity index (χ0v) is 56.0. The number of nitrogens with zero attached hydrogens (tertiary/aromatic N) is 4. The lowest BCUT2D eigenvalue weighted by Crippen LogP contribution is -2.45. The largest absolute Gasteiger partial charge is 0.456 e. The quantitative estimate of drug-likeness (QED) is 0.0289. The molecule has 3 rings (SSSR count). The van der Waals surface area contributed by atoms with Gasteiger partial charge in [-0.15, -0.1) is 0 Å². The molecule has 0 radical (unpaired) electrons. The molecule has 3 saturated carbocycles. The number of aliphatic hydroxyl groups excluding tert-OH is 2. The van der Waals surface area contributed by atoms with E-state index in [1.54, 1.807) is 0 Å². The number of aliphatic hydroxyl groups is 2. The van der Waals surface area contributed by atoms with Crippen molar-refractivity contribution in [2.75, 3.05) is 122 Å². The van der Waals surface area contributed by atoms with Gasteiger partial charge >= 0.3 is 75.4 Å². The highest BCUT2D eigenvalue weighted by Crippen LogP contribution is 2.50. The number of esters is 6. The second-order valence-corrected chi connectivity index (χ2v) is 26.7. The summed E-state index contributed by atoms with van der Waals surface area (Å²) in [5.74, 6) is -6.99. The molecule has 3 aliphatic rings. The minimum absolute atomic E-state index is 0.0398. The lowest BCUT2D eigenvalue weighted by atomic mass is 9.73. The lowest BCUT2D eigenvalue weighted by molar-refractivity contribution is -0.172. The highest BCUT2D eigenvalue weighted by molar-refractivity contribution is 7.54. The molecule has 0 bridgehead atoms. The summed E-state index contributed by atoms with van der Waals surface area (Å²) >= 11 is 0. The van der Waals surface area contributed by atoms with Crippen molar-refractivity contribution in [3.63, 3.8) is 0 Å². The van der Waals surface area contributed by atoms with Crippen LogP contribution in [0.1, 0.15) is 84.5 Å². The van der Waals surface area contributed by atoms with Crippen molar-refractivity contribution < 1.29 is 142 Å². The summed E-state index contributed by atoms with van der Waals surface area (Å²) in [5.41, 5.74) is 0. The fraction of sp³-hybridized carbons (Fsp3) is 0.719. The monoisotopic (exact) mass is 1370 g/mol. The highest BCUT2D eigenvalue weighted by atomic mass is 31.2. The van der Waals surface area contributed by atoms with Crippen molar-refractivity contribution in [2.24, 2.45) is 35.5 Å². The molecule has 0 aliphatic heterocycles. The summed E-state index contributed by atoms with van der Waals surface area (Å²) in [6.45, 7) is 4.80. The number of rotatable bonds is 36. The molecule has 528 valence electrons. The van der Waals surface area contributed by atoms with E-state index in [4.69, 9.17) is 60.7 Å². The summed E-state index contributed by atoms with van der Waals surface area (Å²) in [7, 11) is 3.02. The first-order chi connectivity index (χ1) is 43.8. The van der Waals surface area contributed by atoms with E-state index in [1.165, 1.54) is 70.5 Å². The molecule has 34 nitrogen and oxygen atoms in total. The zero-order valence-electron chi connectivity index (χ0n) is 54.2. The second-order valence-electron chi connectivity index (χ2n) is 22.1. The van der Waals surface area contributed by atoms with Gasteiger partial charge in [0.1, 0.15) is 25.5 Å². The number of ketones is 2. The Bertz CT molecular complexity index is 2650. The van der Waals surface area contributed by atoms with E-state index in [9.17, 15) is 76.9 Å². The first-order valence-corrected chi connectivity index (χ1v) is 32.9. The van der Waals surface area contributed by atoms with Crippen LogP contribution in [0.4, 0.5) is 19.2 Å². The van der Waals surface area contributed by atoms with Gasteiger partial charge in [-0.25, -0.2) is 38.4 Å². The Labute approximate surface area is 539 Å². The van der Waals surface area contributed by atoms with E-state index < -0.39 is 152 Å². The number of hydrogen-bond acceptors (Lipinski definition) is 30. The summed E-state index contributed by atoms with van der Waals surface area (Å²) in [6.07, 6.45) is 0.848. The van der Waals surface area contributed by atoms with Crippen LogP contribution in [0.5, 0.6) is 0 Å². The van der Waals surface area contributed by atoms with Crippen LogP contribution in [-0.4, -0.2) is 248 Å². The van der Waals surface area contributed by atoms with Crippen molar-refractivity contribution in [1.82, 2.24) is 19.6 Å². The van der Waals surface area contributed by atoms with E-state index in [0.717, 1.165) is 51.0 Å². The number of fused-ring (bicyclic) bond motifs is 1. The number of carbonyl (C=O) groups is 12. The van der Waals surface area contributed by atoms with E-state index in [0.29, 0.717) is 44.4 Å². The Morgan fingerprint density at radius 3 is 1.30 bits per heavy atom. The SMILES string of the molecule is C=CC(=O)OC1CC(CCC(=O)COC(=O)N(C)CN(C)C(=O)OCC(=O)OCOC(=O)C(C)CP(=O)(OC)OC)CCC1O.C=CC(=O)OC1CCC2CCC(CCC(=O)COC(=O)N(C)CN(C)C(=O)OCC(=O)OCOC(=O)C(C)CP(=O)(OC)OC)C2C1O. The van der Waals surface area contributed by atoms with Crippen LogP contribution in [0.15, 0.2) is 25.3 Å². The molecule has 10 atom stereocenters. The predicted molar refractivity (Wildman–Crippen MR) is 319 cm³/mol. The Balaban J connectivity index is 0.000000635. The van der Waals surface area contributed by atoms with E-state index in [2.05, 4.69) is 17.9 Å². The van der Waals surface area contributed by atoms with Gasteiger partial charge in [0.15, 0.2) is 38.0 Å². The smallest absolute Gasteiger partial charge is 0.411 e. The van der Waals surface area contributed by atoms with Gasteiger partial charge in [0.05, 0.1) is 36.4 Å². The Morgan fingerprint density at radius 1 is 0.505 bits per heavy atom.